The summed E-state index contributed by atoms with van der Waals surface area (Å²) in [4.78, 5) is 0. The molecule has 1 aromatic rings. The molecule has 0 radical (unpaired) electrons. The van der Waals surface area contributed by atoms with E-state index in [0.29, 0.717) is 11.8 Å². The molecule has 0 aromatic carbocycles. The Balaban J connectivity index is 2.85. The van der Waals surface area contributed by atoms with Crippen LogP contribution in [0.3, 0.4) is 0 Å². The zero-order chi connectivity index (χ0) is 6.69. The second kappa shape index (κ2) is 2.63. The maximum Gasteiger partial charge on any atom is 0.290 e. The van der Waals surface area contributed by atoms with Crippen LogP contribution in [-0.2, 0) is 0 Å². The highest BCUT2D eigenvalue weighted by Gasteiger charge is 2.05. The van der Waals surface area contributed by atoms with Gasteiger partial charge in [0.25, 0.3) is 11.8 Å². The lowest BCUT2D eigenvalue weighted by molar-refractivity contribution is 0.340. The Kier molecular flexibility index (Phi) is 1.84. The minimum Gasteiger partial charge on any atom is -0.477 e. The summed E-state index contributed by atoms with van der Waals surface area (Å²) < 4.78 is 17.2. The average molecular weight is 146 g/mol. The van der Waals surface area contributed by atoms with E-state index in [1.54, 1.807) is 0 Å². The summed E-state index contributed by atoms with van der Waals surface area (Å²) in [5, 5.41) is 0. The van der Waals surface area contributed by atoms with Gasteiger partial charge >= 0.3 is 0 Å². The molecule has 0 aliphatic carbocycles. The third-order valence-corrected chi connectivity index (χ3v) is 1.31. The molecule has 50 valence electrons. The van der Waals surface area contributed by atoms with Gasteiger partial charge in [-0.15, -0.1) is 8.75 Å². The first-order chi connectivity index (χ1) is 4.38. The Labute approximate surface area is 56.8 Å². The van der Waals surface area contributed by atoms with Crippen LogP contribution < -0.4 is 9.47 Å². The molecule has 0 N–H and O–H groups in total. The van der Waals surface area contributed by atoms with E-state index >= 15 is 0 Å². The first kappa shape index (κ1) is 6.28. The zero-order valence-electron chi connectivity index (χ0n) is 5.12. The van der Waals surface area contributed by atoms with Crippen molar-refractivity contribution in [3.05, 3.63) is 0 Å². The molecule has 0 unspecified atom stereocenters. The molecule has 0 aliphatic rings. The predicted molar refractivity (Wildman–Crippen MR) is 33.0 cm³/mol. The van der Waals surface area contributed by atoms with Gasteiger partial charge in [-0.1, -0.05) is 0 Å². The van der Waals surface area contributed by atoms with E-state index in [2.05, 4.69) is 8.75 Å². The average Bonchev–Trinajstić information content (AvgIpc) is 2.33. The van der Waals surface area contributed by atoms with Crippen molar-refractivity contribution in [1.29, 1.82) is 0 Å². The van der Waals surface area contributed by atoms with Crippen LogP contribution in [0.15, 0.2) is 0 Å². The van der Waals surface area contributed by atoms with E-state index in [1.165, 1.54) is 14.2 Å². The third-order valence-electron chi connectivity index (χ3n) is 0.817. The molecular formula is C4H6N2O2S. The summed E-state index contributed by atoms with van der Waals surface area (Å²) >= 11 is 1.07. The molecule has 1 aromatic heterocycles. The van der Waals surface area contributed by atoms with Crippen molar-refractivity contribution in [2.24, 2.45) is 0 Å². The zero-order valence-corrected chi connectivity index (χ0v) is 5.94. The van der Waals surface area contributed by atoms with Gasteiger partial charge in [0.1, 0.15) is 0 Å². The first-order valence-corrected chi connectivity index (χ1v) is 3.02. The van der Waals surface area contributed by atoms with Gasteiger partial charge in [0, 0.05) is 0 Å². The van der Waals surface area contributed by atoms with Crippen molar-refractivity contribution in [2.45, 2.75) is 0 Å². The maximum atomic E-state index is 4.79. The van der Waals surface area contributed by atoms with Gasteiger partial charge in [0.05, 0.1) is 25.9 Å². The summed E-state index contributed by atoms with van der Waals surface area (Å²) in [6, 6.07) is 0. The van der Waals surface area contributed by atoms with Crippen LogP contribution in [0.4, 0.5) is 0 Å². The van der Waals surface area contributed by atoms with Crippen LogP contribution in [0.1, 0.15) is 0 Å². The molecule has 1 heterocycles. The van der Waals surface area contributed by atoms with E-state index < -0.39 is 0 Å². The van der Waals surface area contributed by atoms with Gasteiger partial charge in [-0.05, 0) is 0 Å². The van der Waals surface area contributed by atoms with Crippen LogP contribution >= 0.6 is 11.7 Å². The number of nitrogens with zero attached hydrogens (tertiary/aromatic N) is 2. The van der Waals surface area contributed by atoms with Crippen molar-refractivity contribution < 1.29 is 9.47 Å². The molecule has 1 rings (SSSR count). The first-order valence-electron chi connectivity index (χ1n) is 2.29. The molecule has 0 spiro atoms. The summed E-state index contributed by atoms with van der Waals surface area (Å²) in [5.74, 6) is 0.894. The summed E-state index contributed by atoms with van der Waals surface area (Å²) in [6.45, 7) is 0. The lowest BCUT2D eigenvalue weighted by Crippen LogP contribution is -1.87. The van der Waals surface area contributed by atoms with E-state index in [-0.39, 0.29) is 0 Å². The molecule has 0 saturated carbocycles. The molecule has 0 aliphatic heterocycles. The second-order valence-corrected chi connectivity index (χ2v) is 1.81. The largest absolute Gasteiger partial charge is 0.477 e. The number of hydrogen-bond donors (Lipinski definition) is 0. The van der Waals surface area contributed by atoms with Gasteiger partial charge in [-0.2, -0.15) is 0 Å². The number of rotatable bonds is 2. The monoisotopic (exact) mass is 146 g/mol. The highest BCUT2D eigenvalue weighted by Crippen LogP contribution is 2.21. The molecule has 4 nitrogen and oxygen atoms in total. The fourth-order valence-electron chi connectivity index (χ4n) is 0.422. The van der Waals surface area contributed by atoms with E-state index in [0.717, 1.165) is 11.7 Å². The summed E-state index contributed by atoms with van der Waals surface area (Å²) in [6.07, 6.45) is 0. The Morgan fingerprint density at radius 1 is 1.11 bits per heavy atom. The quantitative estimate of drug-likeness (QED) is 0.611. The topological polar surface area (TPSA) is 44.2 Å². The van der Waals surface area contributed by atoms with Crippen LogP contribution in [0.5, 0.6) is 11.8 Å². The molecule has 0 atom stereocenters. The van der Waals surface area contributed by atoms with Crippen LogP contribution in [0.2, 0.25) is 0 Å². The van der Waals surface area contributed by atoms with Crippen molar-refractivity contribution in [1.82, 2.24) is 8.75 Å². The molecule has 0 fully saturated rings. The Morgan fingerprint density at radius 2 is 1.56 bits per heavy atom. The maximum absolute atomic E-state index is 4.79. The van der Waals surface area contributed by atoms with Gasteiger partial charge in [0.15, 0.2) is 0 Å². The van der Waals surface area contributed by atoms with E-state index in [4.69, 9.17) is 9.47 Å². The third kappa shape index (κ3) is 1.10. The SMILES string of the molecule is COc1nsnc1OC. The second-order valence-electron chi connectivity index (χ2n) is 1.28. The number of aromatic nitrogens is 2. The van der Waals surface area contributed by atoms with E-state index in [1.807, 2.05) is 0 Å². The van der Waals surface area contributed by atoms with Gasteiger partial charge in [-0.3, -0.25) is 0 Å². The lowest BCUT2D eigenvalue weighted by atomic mass is 10.8. The molecule has 0 amide bonds. The van der Waals surface area contributed by atoms with Crippen molar-refractivity contribution in [3.8, 4) is 11.8 Å². The Hall–Kier alpha value is -0.840. The molecular weight excluding hydrogens is 140 g/mol. The molecule has 0 saturated heterocycles. The summed E-state index contributed by atoms with van der Waals surface area (Å²) in [7, 11) is 3.05. The fraction of sp³-hybridized carbons (Fsp3) is 0.500. The van der Waals surface area contributed by atoms with Gasteiger partial charge in [0.2, 0.25) is 0 Å². The van der Waals surface area contributed by atoms with Crippen LogP contribution in [-0.4, -0.2) is 23.0 Å². The van der Waals surface area contributed by atoms with Crippen molar-refractivity contribution >= 4 is 11.7 Å². The highest BCUT2D eigenvalue weighted by molar-refractivity contribution is 6.99. The normalized spacial score (nSPS) is 9.11. The molecule has 5 heteroatoms. The number of hydrogen-bond acceptors (Lipinski definition) is 5. The van der Waals surface area contributed by atoms with Gasteiger partial charge in [-0.25, -0.2) is 0 Å². The van der Waals surface area contributed by atoms with Crippen LogP contribution in [0.25, 0.3) is 0 Å². The number of ether oxygens (including phenoxy) is 2. The standard InChI is InChI=1S/C4H6N2O2S/c1-7-3-4(8-2)6-9-5-3/h1-2H3. The van der Waals surface area contributed by atoms with Crippen molar-refractivity contribution in [3.63, 3.8) is 0 Å². The lowest BCUT2D eigenvalue weighted by Gasteiger charge is -1.93. The van der Waals surface area contributed by atoms with Crippen molar-refractivity contribution in [2.75, 3.05) is 14.2 Å². The highest BCUT2D eigenvalue weighted by atomic mass is 32.1. The molecule has 9 heavy (non-hydrogen) atoms. The fourth-order valence-corrected chi connectivity index (χ4v) is 0.916. The minimum atomic E-state index is 0.447. The Bertz CT molecular complexity index is 170. The molecule has 0 bridgehead atoms. The van der Waals surface area contributed by atoms with Gasteiger partial charge < -0.3 is 9.47 Å². The van der Waals surface area contributed by atoms with Crippen LogP contribution in [0, 0.1) is 0 Å². The van der Waals surface area contributed by atoms with E-state index in [9.17, 15) is 0 Å². The predicted octanol–water partition coefficient (Wildman–Crippen LogP) is 0.555. The Morgan fingerprint density at radius 3 is 1.89 bits per heavy atom. The minimum absolute atomic E-state index is 0.447. The number of methoxy groups -OCH3 is 2. The smallest absolute Gasteiger partial charge is 0.290 e. The summed E-state index contributed by atoms with van der Waals surface area (Å²) in [5.41, 5.74) is 0.